The summed E-state index contributed by atoms with van der Waals surface area (Å²) in [7, 11) is 0. The predicted octanol–water partition coefficient (Wildman–Crippen LogP) is 9.70. The molecule has 5 aromatic carbocycles. The highest BCUT2D eigenvalue weighted by atomic mass is 16.5. The van der Waals surface area contributed by atoms with Crippen molar-refractivity contribution in [2.45, 2.75) is 19.8 Å². The summed E-state index contributed by atoms with van der Waals surface area (Å²) < 4.78 is 11.0. The van der Waals surface area contributed by atoms with Gasteiger partial charge in [0.2, 0.25) is 0 Å². The fourth-order valence-corrected chi connectivity index (χ4v) is 3.23. The first kappa shape index (κ1) is 26.3. The molecular formula is C34H34O2. The zero-order valence-electron chi connectivity index (χ0n) is 20.9. The predicted molar refractivity (Wildman–Crippen MR) is 152 cm³/mol. The monoisotopic (exact) mass is 474 g/mol. The van der Waals surface area contributed by atoms with E-state index in [9.17, 15) is 0 Å². The average Bonchev–Trinajstić information content (AvgIpc) is 2.97. The summed E-state index contributed by atoms with van der Waals surface area (Å²) in [5.41, 5.74) is 2.55. The van der Waals surface area contributed by atoms with Gasteiger partial charge in [-0.2, -0.15) is 0 Å². The van der Waals surface area contributed by atoms with Crippen molar-refractivity contribution in [2.24, 2.45) is 0 Å². The molecule has 2 heteroatoms. The van der Waals surface area contributed by atoms with Gasteiger partial charge < -0.3 is 9.47 Å². The van der Waals surface area contributed by atoms with Gasteiger partial charge in [-0.25, -0.2) is 0 Å². The van der Waals surface area contributed by atoms with Crippen LogP contribution in [0.3, 0.4) is 0 Å². The zero-order valence-corrected chi connectivity index (χ0v) is 20.9. The Morgan fingerprint density at radius 2 is 0.750 bits per heavy atom. The third kappa shape index (κ3) is 10.3. The molecule has 0 spiro atoms. The molecule has 182 valence electrons. The number of benzene rings is 5. The molecule has 0 aliphatic rings. The Morgan fingerprint density at radius 1 is 0.417 bits per heavy atom. The summed E-state index contributed by atoms with van der Waals surface area (Å²) in [5.74, 6) is 2.71. The van der Waals surface area contributed by atoms with Crippen molar-refractivity contribution in [1.82, 2.24) is 0 Å². The van der Waals surface area contributed by atoms with E-state index < -0.39 is 0 Å². The van der Waals surface area contributed by atoms with Crippen molar-refractivity contribution in [2.75, 3.05) is 6.61 Å². The summed E-state index contributed by atoms with van der Waals surface area (Å²) in [6.07, 6.45) is 2.32. The molecule has 2 nitrogen and oxygen atoms in total. The second kappa shape index (κ2) is 16.3. The first-order valence-electron chi connectivity index (χ1n) is 12.4. The summed E-state index contributed by atoms with van der Waals surface area (Å²) in [6.45, 7) is 2.99. The summed E-state index contributed by atoms with van der Waals surface area (Å²) in [4.78, 5) is 0. The number of unbranched alkanes of at least 4 members (excludes halogenated alkanes) is 1. The topological polar surface area (TPSA) is 18.5 Å². The second-order valence-electron chi connectivity index (χ2n) is 7.98. The van der Waals surface area contributed by atoms with E-state index in [-0.39, 0.29) is 0 Å². The third-order valence-corrected chi connectivity index (χ3v) is 5.11. The van der Waals surface area contributed by atoms with E-state index in [1.807, 2.05) is 103 Å². The van der Waals surface area contributed by atoms with Gasteiger partial charge in [-0.05, 0) is 53.9 Å². The lowest BCUT2D eigenvalue weighted by Gasteiger charge is -2.03. The molecule has 0 radical (unpaired) electrons. The van der Waals surface area contributed by atoms with Crippen LogP contribution in [0.5, 0.6) is 17.2 Å². The second-order valence-corrected chi connectivity index (χ2v) is 7.98. The van der Waals surface area contributed by atoms with Crippen LogP contribution in [-0.2, 0) is 0 Å². The minimum absolute atomic E-state index is 0.834. The first-order chi connectivity index (χ1) is 17.8. The van der Waals surface area contributed by atoms with Crippen molar-refractivity contribution < 1.29 is 9.47 Å². The van der Waals surface area contributed by atoms with Crippen molar-refractivity contribution in [1.29, 1.82) is 0 Å². The smallest absolute Gasteiger partial charge is 0.127 e. The molecule has 0 saturated heterocycles. The SMILES string of the molecule is CCCCOc1ccccc1.c1ccc(-c2ccccc2)cc1.c1ccc(Oc2ccccc2)cc1. The molecule has 0 bridgehead atoms. The molecule has 0 fully saturated rings. The Morgan fingerprint density at radius 3 is 1.11 bits per heavy atom. The lowest BCUT2D eigenvalue weighted by Crippen LogP contribution is -1.95. The first-order valence-corrected chi connectivity index (χ1v) is 12.4. The number of para-hydroxylation sites is 3. The van der Waals surface area contributed by atoms with Crippen LogP contribution in [0.2, 0.25) is 0 Å². The zero-order chi connectivity index (χ0) is 25.1. The van der Waals surface area contributed by atoms with E-state index in [1.54, 1.807) is 0 Å². The Labute approximate surface area is 215 Å². The van der Waals surface area contributed by atoms with Gasteiger partial charge >= 0.3 is 0 Å². The molecule has 0 aliphatic heterocycles. The van der Waals surface area contributed by atoms with Crippen LogP contribution in [0.25, 0.3) is 11.1 Å². The standard InChI is InChI=1S/C12H10O.C12H10.C10H14O/c1-3-7-11(8-4-1)13-12-9-5-2-6-10-12;1-3-7-11(8-4-1)12-9-5-2-6-10-12;1-2-3-9-11-10-7-5-4-6-8-10/h1-10H;1-10H;4-8H,2-3,9H2,1H3. The minimum Gasteiger partial charge on any atom is -0.494 e. The van der Waals surface area contributed by atoms with Crippen LogP contribution in [-0.4, -0.2) is 6.61 Å². The highest BCUT2D eigenvalue weighted by Gasteiger charge is 1.93. The van der Waals surface area contributed by atoms with Gasteiger partial charge in [0.1, 0.15) is 17.2 Å². The summed E-state index contributed by atoms with van der Waals surface area (Å²) in [5, 5.41) is 0. The van der Waals surface area contributed by atoms with Gasteiger partial charge in [0.05, 0.1) is 6.61 Å². The fraction of sp³-hybridized carbons (Fsp3) is 0.118. The molecule has 0 aliphatic carbocycles. The van der Waals surface area contributed by atoms with Gasteiger partial charge in [-0.15, -0.1) is 0 Å². The van der Waals surface area contributed by atoms with Crippen molar-refractivity contribution in [3.63, 3.8) is 0 Å². The van der Waals surface area contributed by atoms with Gasteiger partial charge in [0, 0.05) is 0 Å². The molecule has 5 rings (SSSR count). The molecule has 0 atom stereocenters. The van der Waals surface area contributed by atoms with Gasteiger partial charge in [-0.1, -0.05) is 129 Å². The fourth-order valence-electron chi connectivity index (χ4n) is 3.23. The number of hydrogen-bond donors (Lipinski definition) is 0. The van der Waals surface area contributed by atoms with Crippen LogP contribution in [0.15, 0.2) is 152 Å². The highest BCUT2D eigenvalue weighted by molar-refractivity contribution is 5.62. The van der Waals surface area contributed by atoms with Crippen LogP contribution < -0.4 is 9.47 Å². The van der Waals surface area contributed by atoms with E-state index in [1.165, 1.54) is 17.5 Å². The van der Waals surface area contributed by atoms with E-state index in [4.69, 9.17) is 9.47 Å². The van der Waals surface area contributed by atoms with Crippen LogP contribution in [0.4, 0.5) is 0 Å². The summed E-state index contributed by atoms with van der Waals surface area (Å²) >= 11 is 0. The molecule has 0 N–H and O–H groups in total. The Balaban J connectivity index is 0.000000151. The van der Waals surface area contributed by atoms with E-state index in [0.717, 1.165) is 30.3 Å². The molecule has 5 aromatic rings. The lowest BCUT2D eigenvalue weighted by molar-refractivity contribution is 0.309. The van der Waals surface area contributed by atoms with Crippen LogP contribution in [0.1, 0.15) is 19.8 Å². The van der Waals surface area contributed by atoms with Crippen molar-refractivity contribution in [3.8, 4) is 28.4 Å². The maximum Gasteiger partial charge on any atom is 0.127 e. The van der Waals surface area contributed by atoms with Crippen molar-refractivity contribution >= 4 is 0 Å². The highest BCUT2D eigenvalue weighted by Crippen LogP contribution is 2.19. The Kier molecular flexibility index (Phi) is 11.9. The number of rotatable bonds is 7. The molecule has 36 heavy (non-hydrogen) atoms. The summed E-state index contributed by atoms with van der Waals surface area (Å²) in [6, 6.07) is 50.2. The third-order valence-electron chi connectivity index (χ3n) is 5.11. The number of ether oxygens (including phenoxy) is 2. The Bertz CT molecular complexity index is 1100. The van der Waals surface area contributed by atoms with E-state index in [2.05, 4.69) is 55.5 Å². The van der Waals surface area contributed by atoms with E-state index in [0.29, 0.717) is 0 Å². The van der Waals surface area contributed by atoms with Gasteiger partial charge in [0.25, 0.3) is 0 Å². The lowest BCUT2D eigenvalue weighted by atomic mass is 10.1. The molecular weight excluding hydrogens is 440 g/mol. The van der Waals surface area contributed by atoms with Crippen molar-refractivity contribution in [3.05, 3.63) is 152 Å². The van der Waals surface area contributed by atoms with Gasteiger partial charge in [-0.3, -0.25) is 0 Å². The van der Waals surface area contributed by atoms with Crippen LogP contribution in [0, 0.1) is 0 Å². The quantitative estimate of drug-likeness (QED) is 0.219. The molecule has 0 heterocycles. The minimum atomic E-state index is 0.834. The normalized spacial score (nSPS) is 9.58. The maximum atomic E-state index is 5.58. The Hall–Kier alpha value is -4.30. The average molecular weight is 475 g/mol. The van der Waals surface area contributed by atoms with Crippen LogP contribution >= 0.6 is 0 Å². The van der Waals surface area contributed by atoms with E-state index >= 15 is 0 Å². The van der Waals surface area contributed by atoms with Gasteiger partial charge in [0.15, 0.2) is 0 Å². The molecule has 0 saturated carbocycles. The maximum absolute atomic E-state index is 5.58. The molecule has 0 amide bonds. The number of hydrogen-bond acceptors (Lipinski definition) is 2. The molecule has 0 aromatic heterocycles. The molecule has 0 unspecified atom stereocenters. The largest absolute Gasteiger partial charge is 0.494 e.